The zero-order chi connectivity index (χ0) is 15.3. The third-order valence-corrected chi connectivity index (χ3v) is 4.70. The smallest absolute Gasteiger partial charge is 0.0430 e. The molecule has 0 radical (unpaired) electrons. The number of benzene rings is 1. The van der Waals surface area contributed by atoms with E-state index in [0.29, 0.717) is 0 Å². The highest BCUT2D eigenvalue weighted by Gasteiger charge is 2.39. The Morgan fingerprint density at radius 1 is 1.24 bits per heavy atom. The zero-order valence-electron chi connectivity index (χ0n) is 13.5. The normalized spacial score (nSPS) is 22.0. The van der Waals surface area contributed by atoms with Gasteiger partial charge in [-0.2, -0.15) is 0 Å². The minimum atomic E-state index is -0.246. The van der Waals surface area contributed by atoms with Crippen molar-refractivity contribution in [1.29, 1.82) is 0 Å². The molecule has 1 unspecified atom stereocenters. The van der Waals surface area contributed by atoms with Crippen molar-refractivity contribution in [2.45, 2.75) is 52.0 Å². The van der Waals surface area contributed by atoms with E-state index in [1.54, 1.807) is 0 Å². The van der Waals surface area contributed by atoms with E-state index in [0.717, 1.165) is 17.8 Å². The molecule has 1 aromatic rings. The maximum atomic E-state index is 6.67. The van der Waals surface area contributed by atoms with Gasteiger partial charge >= 0.3 is 0 Å². The van der Waals surface area contributed by atoms with Crippen molar-refractivity contribution in [1.82, 2.24) is 0 Å². The summed E-state index contributed by atoms with van der Waals surface area (Å²) in [6.07, 6.45) is 11.0. The van der Waals surface area contributed by atoms with Crippen LogP contribution in [0, 0.1) is 5.41 Å². The predicted octanol–water partition coefficient (Wildman–Crippen LogP) is 4.86. The second kappa shape index (κ2) is 6.48. The number of hydrogen-bond donors (Lipinski definition) is 2. The summed E-state index contributed by atoms with van der Waals surface area (Å²) in [5, 5.41) is 3.43. The Kier molecular flexibility index (Phi) is 4.89. The standard InChI is InChI=1S/C19H28N2/c1-4-5-13-18(2,3)19(20)14-11-17(12-15-19)21-16-9-7-6-8-10-16/h6-12,14,21H,4-5,13,15,20H2,1-3H3. The molecule has 1 aliphatic rings. The number of nitrogens with two attached hydrogens (primary N) is 1. The SMILES string of the molecule is CCCCC(C)(C)C1(N)C=CC(Nc2ccccc2)=CC1. The molecule has 0 fully saturated rings. The van der Waals surface area contributed by atoms with Crippen molar-refractivity contribution in [2.75, 3.05) is 5.32 Å². The molecule has 0 aromatic heterocycles. The molecule has 3 N–H and O–H groups in total. The molecule has 0 saturated heterocycles. The van der Waals surface area contributed by atoms with Gasteiger partial charge in [0.25, 0.3) is 0 Å². The van der Waals surface area contributed by atoms with Crippen molar-refractivity contribution in [3.8, 4) is 0 Å². The molecule has 0 bridgehead atoms. The van der Waals surface area contributed by atoms with Gasteiger partial charge in [-0.3, -0.25) is 0 Å². The van der Waals surface area contributed by atoms with E-state index >= 15 is 0 Å². The van der Waals surface area contributed by atoms with Crippen LogP contribution >= 0.6 is 0 Å². The van der Waals surface area contributed by atoms with Crippen LogP contribution in [0.4, 0.5) is 5.69 Å². The predicted molar refractivity (Wildman–Crippen MR) is 92.1 cm³/mol. The molecule has 114 valence electrons. The van der Waals surface area contributed by atoms with Crippen LogP contribution in [0.3, 0.4) is 0 Å². The maximum Gasteiger partial charge on any atom is 0.0430 e. The van der Waals surface area contributed by atoms with Gasteiger partial charge in [0.2, 0.25) is 0 Å². The van der Waals surface area contributed by atoms with E-state index in [4.69, 9.17) is 5.73 Å². The Hall–Kier alpha value is -1.54. The van der Waals surface area contributed by atoms with Crippen LogP contribution in [0.25, 0.3) is 0 Å². The summed E-state index contributed by atoms with van der Waals surface area (Å²) < 4.78 is 0. The lowest BCUT2D eigenvalue weighted by atomic mass is 9.66. The first-order valence-corrected chi connectivity index (χ1v) is 7.97. The fourth-order valence-electron chi connectivity index (χ4n) is 2.79. The van der Waals surface area contributed by atoms with Gasteiger partial charge in [0.05, 0.1) is 0 Å². The van der Waals surface area contributed by atoms with Crippen LogP contribution in [0.1, 0.15) is 46.5 Å². The van der Waals surface area contributed by atoms with Crippen molar-refractivity contribution < 1.29 is 0 Å². The fraction of sp³-hybridized carbons (Fsp3) is 0.474. The van der Waals surface area contributed by atoms with Crippen molar-refractivity contribution >= 4 is 5.69 Å². The number of allylic oxidation sites excluding steroid dienone is 1. The van der Waals surface area contributed by atoms with Gasteiger partial charge in [-0.1, -0.05) is 64.0 Å². The van der Waals surface area contributed by atoms with Crippen molar-refractivity contribution in [2.24, 2.45) is 11.1 Å². The highest BCUT2D eigenvalue weighted by molar-refractivity contribution is 5.51. The number of rotatable bonds is 6. The van der Waals surface area contributed by atoms with Gasteiger partial charge < -0.3 is 11.1 Å². The largest absolute Gasteiger partial charge is 0.356 e. The summed E-state index contributed by atoms with van der Waals surface area (Å²) in [5.41, 5.74) is 8.79. The topological polar surface area (TPSA) is 38.0 Å². The summed E-state index contributed by atoms with van der Waals surface area (Å²) in [5.74, 6) is 0. The van der Waals surface area contributed by atoms with E-state index in [9.17, 15) is 0 Å². The van der Waals surface area contributed by atoms with Crippen molar-refractivity contribution in [3.63, 3.8) is 0 Å². The van der Waals surface area contributed by atoms with Crippen LogP contribution in [0.2, 0.25) is 0 Å². The molecule has 2 heteroatoms. The number of anilines is 1. The third kappa shape index (κ3) is 3.76. The van der Waals surface area contributed by atoms with Crippen LogP contribution in [-0.4, -0.2) is 5.54 Å². The number of unbranched alkanes of at least 4 members (excludes halogenated alkanes) is 1. The third-order valence-electron chi connectivity index (χ3n) is 4.70. The number of para-hydroxylation sites is 1. The summed E-state index contributed by atoms with van der Waals surface area (Å²) in [6.45, 7) is 6.81. The zero-order valence-corrected chi connectivity index (χ0v) is 13.5. The Morgan fingerprint density at radius 3 is 2.52 bits per heavy atom. The Morgan fingerprint density at radius 2 is 1.95 bits per heavy atom. The summed E-state index contributed by atoms with van der Waals surface area (Å²) in [4.78, 5) is 0. The highest BCUT2D eigenvalue weighted by atomic mass is 14.9. The minimum absolute atomic E-state index is 0.119. The molecule has 0 heterocycles. The molecular weight excluding hydrogens is 256 g/mol. The second-order valence-corrected chi connectivity index (χ2v) is 6.72. The maximum absolute atomic E-state index is 6.67. The van der Waals surface area contributed by atoms with Gasteiger partial charge in [-0.25, -0.2) is 0 Å². The van der Waals surface area contributed by atoms with Crippen LogP contribution in [-0.2, 0) is 0 Å². The molecule has 21 heavy (non-hydrogen) atoms. The summed E-state index contributed by atoms with van der Waals surface area (Å²) >= 11 is 0. The number of hydrogen-bond acceptors (Lipinski definition) is 2. The first kappa shape index (κ1) is 15.8. The molecule has 0 aliphatic heterocycles. The van der Waals surface area contributed by atoms with Gasteiger partial charge in [0.15, 0.2) is 0 Å². The highest BCUT2D eigenvalue weighted by Crippen LogP contribution is 2.40. The van der Waals surface area contributed by atoms with Gasteiger partial charge in [-0.15, -0.1) is 0 Å². The molecule has 0 saturated carbocycles. The van der Waals surface area contributed by atoms with Gasteiger partial charge in [0, 0.05) is 16.9 Å². The second-order valence-electron chi connectivity index (χ2n) is 6.72. The van der Waals surface area contributed by atoms with E-state index < -0.39 is 0 Å². The molecule has 2 rings (SSSR count). The number of nitrogens with one attached hydrogen (secondary N) is 1. The van der Waals surface area contributed by atoms with Crippen LogP contribution in [0.15, 0.2) is 54.3 Å². The average Bonchev–Trinajstić information content (AvgIpc) is 2.49. The minimum Gasteiger partial charge on any atom is -0.356 e. The van der Waals surface area contributed by atoms with E-state index in [1.807, 2.05) is 18.2 Å². The molecule has 0 amide bonds. The summed E-state index contributed by atoms with van der Waals surface area (Å²) in [7, 11) is 0. The quantitative estimate of drug-likeness (QED) is 0.783. The van der Waals surface area contributed by atoms with Crippen molar-refractivity contribution in [3.05, 3.63) is 54.3 Å². The lowest BCUT2D eigenvalue weighted by Gasteiger charge is -2.43. The lowest BCUT2D eigenvalue weighted by Crippen LogP contribution is -2.51. The molecule has 2 nitrogen and oxygen atoms in total. The Labute approximate surface area is 129 Å². The Bertz CT molecular complexity index is 514. The van der Waals surface area contributed by atoms with Crippen LogP contribution in [0.5, 0.6) is 0 Å². The fourth-order valence-corrected chi connectivity index (χ4v) is 2.79. The molecule has 1 aromatic carbocycles. The monoisotopic (exact) mass is 284 g/mol. The van der Waals surface area contributed by atoms with Crippen LogP contribution < -0.4 is 11.1 Å². The first-order chi connectivity index (χ1) is 9.97. The molecule has 0 spiro atoms. The van der Waals surface area contributed by atoms with E-state index in [2.05, 4.69) is 56.4 Å². The van der Waals surface area contributed by atoms with E-state index in [-0.39, 0.29) is 11.0 Å². The summed E-state index contributed by atoms with van der Waals surface area (Å²) in [6, 6.07) is 10.2. The Balaban J connectivity index is 2.02. The lowest BCUT2D eigenvalue weighted by molar-refractivity contribution is 0.190. The van der Waals surface area contributed by atoms with Gasteiger partial charge in [-0.05, 0) is 36.5 Å². The average molecular weight is 284 g/mol. The first-order valence-electron chi connectivity index (χ1n) is 7.97. The molecule has 1 atom stereocenters. The molecule has 1 aliphatic carbocycles. The van der Waals surface area contributed by atoms with E-state index in [1.165, 1.54) is 19.3 Å². The van der Waals surface area contributed by atoms with Gasteiger partial charge in [0.1, 0.15) is 0 Å². The molecular formula is C19H28N2.